The predicted molar refractivity (Wildman–Crippen MR) is 61.6 cm³/mol. The van der Waals surface area contributed by atoms with E-state index in [0.717, 1.165) is 5.56 Å². The van der Waals surface area contributed by atoms with E-state index < -0.39 is 5.97 Å². The Morgan fingerprint density at radius 2 is 2.07 bits per heavy atom. The summed E-state index contributed by atoms with van der Waals surface area (Å²) in [6.07, 6.45) is 1.10. The molecule has 0 heterocycles. The van der Waals surface area contributed by atoms with Gasteiger partial charge in [-0.15, -0.1) is 0 Å². The summed E-state index contributed by atoms with van der Waals surface area (Å²) in [5, 5.41) is 9.86. The van der Waals surface area contributed by atoms with Gasteiger partial charge in [-0.1, -0.05) is 36.2 Å². The van der Waals surface area contributed by atoms with Crippen molar-refractivity contribution in [2.24, 2.45) is 5.92 Å². The SMILES string of the molecule is CC[C@@H](Cc1ccc(Cl)c(Cl)c1)C(=O)O. The second-order valence-electron chi connectivity index (χ2n) is 3.40. The summed E-state index contributed by atoms with van der Waals surface area (Å²) in [4.78, 5) is 10.8. The van der Waals surface area contributed by atoms with Gasteiger partial charge in [-0.05, 0) is 30.5 Å². The molecule has 0 amide bonds. The Kier molecular flexibility index (Phi) is 4.43. The summed E-state index contributed by atoms with van der Waals surface area (Å²) in [7, 11) is 0. The first-order chi connectivity index (χ1) is 7.04. The molecule has 0 radical (unpaired) electrons. The van der Waals surface area contributed by atoms with E-state index in [1.54, 1.807) is 18.2 Å². The van der Waals surface area contributed by atoms with Crippen molar-refractivity contribution in [2.75, 3.05) is 0 Å². The van der Waals surface area contributed by atoms with Crippen LogP contribution in [0, 0.1) is 5.92 Å². The average Bonchev–Trinajstić information content (AvgIpc) is 2.19. The lowest BCUT2D eigenvalue weighted by Crippen LogP contribution is -2.15. The van der Waals surface area contributed by atoms with Gasteiger partial charge in [0.25, 0.3) is 0 Å². The zero-order valence-electron chi connectivity index (χ0n) is 8.34. The number of hydrogen-bond donors (Lipinski definition) is 1. The van der Waals surface area contributed by atoms with Gasteiger partial charge in [0.15, 0.2) is 0 Å². The fourth-order valence-corrected chi connectivity index (χ4v) is 1.68. The molecule has 1 aromatic rings. The summed E-state index contributed by atoms with van der Waals surface area (Å²) >= 11 is 11.6. The number of benzene rings is 1. The lowest BCUT2D eigenvalue weighted by Gasteiger charge is -2.09. The Hall–Kier alpha value is -0.730. The molecule has 4 heteroatoms. The highest BCUT2D eigenvalue weighted by Crippen LogP contribution is 2.24. The Labute approximate surface area is 98.8 Å². The van der Waals surface area contributed by atoms with E-state index in [9.17, 15) is 4.79 Å². The van der Waals surface area contributed by atoms with Crippen molar-refractivity contribution in [1.82, 2.24) is 0 Å². The van der Waals surface area contributed by atoms with E-state index in [4.69, 9.17) is 28.3 Å². The number of aliphatic carboxylic acids is 1. The normalized spacial score (nSPS) is 12.5. The number of carboxylic acid groups (broad SMARTS) is 1. The van der Waals surface area contributed by atoms with Crippen LogP contribution in [0.4, 0.5) is 0 Å². The first-order valence-corrected chi connectivity index (χ1v) is 5.47. The Balaban J connectivity index is 2.80. The van der Waals surface area contributed by atoms with E-state index in [1.807, 2.05) is 6.92 Å². The van der Waals surface area contributed by atoms with Crippen molar-refractivity contribution >= 4 is 29.2 Å². The molecule has 15 heavy (non-hydrogen) atoms. The Morgan fingerprint density at radius 3 is 2.53 bits per heavy atom. The van der Waals surface area contributed by atoms with Gasteiger partial charge in [-0.3, -0.25) is 4.79 Å². The van der Waals surface area contributed by atoms with Gasteiger partial charge >= 0.3 is 5.97 Å². The van der Waals surface area contributed by atoms with Gasteiger partial charge in [-0.2, -0.15) is 0 Å². The lowest BCUT2D eigenvalue weighted by atomic mass is 9.97. The molecule has 0 bridgehead atoms. The van der Waals surface area contributed by atoms with E-state index in [0.29, 0.717) is 22.9 Å². The largest absolute Gasteiger partial charge is 0.481 e. The molecule has 1 aromatic carbocycles. The Bertz CT molecular complexity index is 364. The molecule has 1 atom stereocenters. The first kappa shape index (κ1) is 12.3. The minimum atomic E-state index is -0.774. The molecule has 82 valence electrons. The van der Waals surface area contributed by atoms with E-state index in [2.05, 4.69) is 0 Å². The van der Waals surface area contributed by atoms with Crippen molar-refractivity contribution in [3.8, 4) is 0 Å². The van der Waals surface area contributed by atoms with Crippen molar-refractivity contribution in [3.05, 3.63) is 33.8 Å². The molecule has 0 saturated carbocycles. The maximum Gasteiger partial charge on any atom is 0.306 e. The van der Waals surface area contributed by atoms with Crippen LogP contribution in [-0.4, -0.2) is 11.1 Å². The van der Waals surface area contributed by atoms with Crippen LogP contribution in [0.5, 0.6) is 0 Å². The summed E-state index contributed by atoms with van der Waals surface area (Å²) in [5.74, 6) is -1.13. The molecule has 0 fully saturated rings. The molecule has 2 nitrogen and oxygen atoms in total. The molecule has 0 unspecified atom stereocenters. The van der Waals surface area contributed by atoms with Gasteiger partial charge in [-0.25, -0.2) is 0 Å². The molecule has 0 saturated heterocycles. The lowest BCUT2D eigenvalue weighted by molar-refractivity contribution is -0.141. The number of carbonyl (C=O) groups is 1. The fraction of sp³-hybridized carbons (Fsp3) is 0.364. The van der Waals surface area contributed by atoms with Crippen LogP contribution in [-0.2, 0) is 11.2 Å². The molecule has 0 spiro atoms. The van der Waals surface area contributed by atoms with Crippen molar-refractivity contribution in [3.63, 3.8) is 0 Å². The van der Waals surface area contributed by atoms with Crippen LogP contribution in [0.15, 0.2) is 18.2 Å². The average molecular weight is 247 g/mol. The predicted octanol–water partition coefficient (Wildman–Crippen LogP) is 3.65. The number of halogens is 2. The molecular formula is C11H12Cl2O2. The molecule has 0 aliphatic carbocycles. The maximum atomic E-state index is 10.8. The molecule has 1 N–H and O–H groups in total. The van der Waals surface area contributed by atoms with Gasteiger partial charge in [0, 0.05) is 0 Å². The van der Waals surface area contributed by atoms with Crippen LogP contribution in [0.25, 0.3) is 0 Å². The second kappa shape index (κ2) is 5.38. The van der Waals surface area contributed by atoms with Gasteiger partial charge in [0.05, 0.1) is 16.0 Å². The molecule has 0 aliphatic heterocycles. The van der Waals surface area contributed by atoms with Crippen LogP contribution >= 0.6 is 23.2 Å². The second-order valence-corrected chi connectivity index (χ2v) is 4.21. The molecule has 0 aliphatic rings. The van der Waals surface area contributed by atoms with Crippen LogP contribution in [0.1, 0.15) is 18.9 Å². The third-order valence-electron chi connectivity index (χ3n) is 2.31. The van der Waals surface area contributed by atoms with Gasteiger partial charge < -0.3 is 5.11 Å². The topological polar surface area (TPSA) is 37.3 Å². The molecular weight excluding hydrogens is 235 g/mol. The zero-order valence-corrected chi connectivity index (χ0v) is 9.85. The molecule has 1 rings (SSSR count). The van der Waals surface area contributed by atoms with Gasteiger partial charge in [0.2, 0.25) is 0 Å². The quantitative estimate of drug-likeness (QED) is 0.881. The maximum absolute atomic E-state index is 10.8. The van der Waals surface area contributed by atoms with Gasteiger partial charge in [0.1, 0.15) is 0 Å². The summed E-state index contributed by atoms with van der Waals surface area (Å²) in [5.41, 5.74) is 0.902. The third kappa shape index (κ3) is 3.40. The number of rotatable bonds is 4. The van der Waals surface area contributed by atoms with Crippen molar-refractivity contribution < 1.29 is 9.90 Å². The van der Waals surface area contributed by atoms with Crippen LogP contribution < -0.4 is 0 Å². The van der Waals surface area contributed by atoms with Crippen molar-refractivity contribution in [1.29, 1.82) is 0 Å². The monoisotopic (exact) mass is 246 g/mol. The highest BCUT2D eigenvalue weighted by atomic mass is 35.5. The fourth-order valence-electron chi connectivity index (χ4n) is 1.36. The highest BCUT2D eigenvalue weighted by molar-refractivity contribution is 6.42. The zero-order chi connectivity index (χ0) is 11.4. The highest BCUT2D eigenvalue weighted by Gasteiger charge is 2.15. The van der Waals surface area contributed by atoms with Crippen LogP contribution in [0.3, 0.4) is 0 Å². The standard InChI is InChI=1S/C11H12Cl2O2/c1-2-8(11(14)15)5-7-3-4-9(12)10(13)6-7/h3-4,6,8H,2,5H2,1H3,(H,14,15)/t8-/m0/s1. The first-order valence-electron chi connectivity index (χ1n) is 4.71. The Morgan fingerprint density at radius 1 is 1.40 bits per heavy atom. The smallest absolute Gasteiger partial charge is 0.306 e. The minimum absolute atomic E-state index is 0.359. The van der Waals surface area contributed by atoms with E-state index in [1.165, 1.54) is 0 Å². The third-order valence-corrected chi connectivity index (χ3v) is 3.05. The number of hydrogen-bond acceptors (Lipinski definition) is 1. The van der Waals surface area contributed by atoms with Crippen molar-refractivity contribution in [2.45, 2.75) is 19.8 Å². The molecule has 0 aromatic heterocycles. The van der Waals surface area contributed by atoms with E-state index >= 15 is 0 Å². The number of carboxylic acids is 1. The minimum Gasteiger partial charge on any atom is -0.481 e. The van der Waals surface area contributed by atoms with Crippen LogP contribution in [0.2, 0.25) is 10.0 Å². The van der Waals surface area contributed by atoms with E-state index in [-0.39, 0.29) is 5.92 Å². The summed E-state index contributed by atoms with van der Waals surface area (Å²) in [6, 6.07) is 5.21. The summed E-state index contributed by atoms with van der Waals surface area (Å²) in [6.45, 7) is 1.86. The summed E-state index contributed by atoms with van der Waals surface area (Å²) < 4.78 is 0.